The second-order valence-electron chi connectivity index (χ2n) is 4.77. The minimum Gasteiger partial charge on any atom is -0.492 e. The van der Waals surface area contributed by atoms with Gasteiger partial charge in [0.05, 0.1) is 16.3 Å². The van der Waals surface area contributed by atoms with E-state index < -0.39 is 27.5 Å². The third-order valence-electron chi connectivity index (χ3n) is 2.92. The number of para-hydroxylation sites is 1. The van der Waals surface area contributed by atoms with E-state index in [9.17, 15) is 21.6 Å². The second kappa shape index (κ2) is 7.31. The Bertz CT molecular complexity index is 795. The first-order valence-electron chi connectivity index (χ1n) is 6.72. The van der Waals surface area contributed by atoms with Crippen molar-refractivity contribution in [3.8, 4) is 5.75 Å². The number of hydrogen-bond donors (Lipinski definition) is 1. The Morgan fingerprint density at radius 3 is 2.38 bits per heavy atom. The summed E-state index contributed by atoms with van der Waals surface area (Å²) in [5.41, 5.74) is -1.32. The molecule has 0 atom stereocenters. The Hall–Kier alpha value is -1.93. The summed E-state index contributed by atoms with van der Waals surface area (Å²) < 4.78 is 69.3. The molecule has 2 aromatic carbocycles. The van der Waals surface area contributed by atoms with Crippen LogP contribution in [0.4, 0.5) is 18.9 Å². The SMILES string of the molecule is O=S(=O)(CCOc1ccccc1)Nc1cc(C(F)(F)F)ccc1Cl. The number of halogens is 4. The first-order valence-corrected chi connectivity index (χ1v) is 8.75. The van der Waals surface area contributed by atoms with Crippen LogP contribution in [0.15, 0.2) is 48.5 Å². The molecule has 0 unspecified atom stereocenters. The van der Waals surface area contributed by atoms with Gasteiger partial charge in [0.2, 0.25) is 10.0 Å². The molecule has 0 aliphatic carbocycles. The lowest BCUT2D eigenvalue weighted by Gasteiger charge is -2.13. The van der Waals surface area contributed by atoms with Gasteiger partial charge < -0.3 is 4.74 Å². The van der Waals surface area contributed by atoms with Gasteiger partial charge in [-0.15, -0.1) is 0 Å². The maximum atomic E-state index is 12.7. The summed E-state index contributed by atoms with van der Waals surface area (Å²) in [5.74, 6) is 0.0545. The van der Waals surface area contributed by atoms with Crippen LogP contribution >= 0.6 is 11.6 Å². The predicted octanol–water partition coefficient (Wildman–Crippen LogP) is 4.18. The summed E-state index contributed by atoms with van der Waals surface area (Å²) in [6.45, 7) is -0.157. The minimum absolute atomic E-state index is 0.129. The molecule has 0 heterocycles. The molecule has 0 aliphatic heterocycles. The van der Waals surface area contributed by atoms with Crippen LogP contribution in [0.5, 0.6) is 5.75 Å². The van der Waals surface area contributed by atoms with Crippen LogP contribution in [0.25, 0.3) is 0 Å². The van der Waals surface area contributed by atoms with E-state index in [2.05, 4.69) is 0 Å². The molecular weight excluding hydrogens is 367 g/mol. The van der Waals surface area contributed by atoms with Crippen LogP contribution in [0.3, 0.4) is 0 Å². The fourth-order valence-electron chi connectivity index (χ4n) is 1.78. The van der Waals surface area contributed by atoms with Crippen molar-refractivity contribution in [3.05, 3.63) is 59.1 Å². The Balaban J connectivity index is 2.03. The van der Waals surface area contributed by atoms with Crippen molar-refractivity contribution in [2.45, 2.75) is 6.18 Å². The number of alkyl halides is 3. The molecule has 24 heavy (non-hydrogen) atoms. The molecule has 2 aromatic rings. The van der Waals surface area contributed by atoms with Crippen molar-refractivity contribution in [2.24, 2.45) is 0 Å². The molecule has 0 saturated heterocycles. The number of ether oxygens (including phenoxy) is 1. The van der Waals surface area contributed by atoms with Gasteiger partial charge in [-0.3, -0.25) is 4.72 Å². The van der Waals surface area contributed by atoms with E-state index in [0.717, 1.165) is 12.1 Å². The first kappa shape index (κ1) is 18.4. The van der Waals surface area contributed by atoms with Crippen molar-refractivity contribution >= 4 is 27.3 Å². The molecule has 1 N–H and O–H groups in total. The third kappa shape index (κ3) is 5.31. The van der Waals surface area contributed by atoms with E-state index in [1.807, 2.05) is 4.72 Å². The smallest absolute Gasteiger partial charge is 0.416 e. The minimum atomic E-state index is -4.60. The van der Waals surface area contributed by atoms with Crippen LogP contribution in [-0.4, -0.2) is 20.8 Å². The van der Waals surface area contributed by atoms with E-state index in [0.29, 0.717) is 11.8 Å². The van der Waals surface area contributed by atoms with Gasteiger partial charge in [0, 0.05) is 0 Å². The number of hydrogen-bond acceptors (Lipinski definition) is 3. The van der Waals surface area contributed by atoms with Crippen molar-refractivity contribution in [1.29, 1.82) is 0 Å². The summed E-state index contributed by atoms with van der Waals surface area (Å²) >= 11 is 5.76. The van der Waals surface area contributed by atoms with E-state index in [-0.39, 0.29) is 17.3 Å². The highest BCUT2D eigenvalue weighted by Crippen LogP contribution is 2.34. The molecule has 0 radical (unpaired) electrons. The summed E-state index contributed by atoms with van der Waals surface area (Å²) in [4.78, 5) is 0. The van der Waals surface area contributed by atoms with Gasteiger partial charge in [-0.25, -0.2) is 8.42 Å². The molecular formula is C15H13ClF3NO3S. The van der Waals surface area contributed by atoms with Crippen molar-refractivity contribution in [2.75, 3.05) is 17.1 Å². The summed E-state index contributed by atoms with van der Waals surface area (Å²) in [6.07, 6.45) is -4.60. The van der Waals surface area contributed by atoms with Gasteiger partial charge in [0.1, 0.15) is 18.1 Å². The van der Waals surface area contributed by atoms with E-state index in [4.69, 9.17) is 16.3 Å². The summed E-state index contributed by atoms with van der Waals surface area (Å²) in [5, 5.41) is -0.129. The molecule has 130 valence electrons. The van der Waals surface area contributed by atoms with Crippen LogP contribution < -0.4 is 9.46 Å². The third-order valence-corrected chi connectivity index (χ3v) is 4.49. The molecule has 0 fully saturated rings. The molecule has 0 saturated carbocycles. The zero-order valence-corrected chi connectivity index (χ0v) is 13.8. The summed E-state index contributed by atoms with van der Waals surface area (Å²) in [7, 11) is -3.92. The largest absolute Gasteiger partial charge is 0.492 e. The molecule has 2 rings (SSSR count). The van der Waals surface area contributed by atoms with Crippen molar-refractivity contribution in [1.82, 2.24) is 0 Å². The van der Waals surface area contributed by atoms with Crippen LogP contribution in [0, 0.1) is 0 Å². The molecule has 0 bridgehead atoms. The van der Waals surface area contributed by atoms with Gasteiger partial charge in [-0.2, -0.15) is 13.2 Å². The van der Waals surface area contributed by atoms with Gasteiger partial charge in [0.15, 0.2) is 0 Å². The molecule has 0 aromatic heterocycles. The van der Waals surface area contributed by atoms with E-state index in [1.54, 1.807) is 30.3 Å². The Kier molecular flexibility index (Phi) is 5.61. The summed E-state index contributed by atoms with van der Waals surface area (Å²) in [6, 6.07) is 11.0. The monoisotopic (exact) mass is 379 g/mol. The van der Waals surface area contributed by atoms with Crippen molar-refractivity contribution < 1.29 is 26.3 Å². The fourth-order valence-corrected chi connectivity index (χ4v) is 2.91. The quantitative estimate of drug-likeness (QED) is 0.819. The Morgan fingerprint density at radius 1 is 1.08 bits per heavy atom. The number of benzene rings is 2. The number of nitrogens with one attached hydrogen (secondary N) is 1. The normalized spacial score (nSPS) is 12.0. The Labute approximate surface area is 142 Å². The highest BCUT2D eigenvalue weighted by Gasteiger charge is 2.31. The maximum Gasteiger partial charge on any atom is 0.416 e. The highest BCUT2D eigenvalue weighted by atomic mass is 35.5. The lowest BCUT2D eigenvalue weighted by atomic mass is 10.2. The van der Waals surface area contributed by atoms with Gasteiger partial charge >= 0.3 is 6.18 Å². The zero-order chi connectivity index (χ0) is 17.8. The molecule has 9 heteroatoms. The van der Waals surface area contributed by atoms with Crippen LogP contribution in [0.1, 0.15) is 5.56 Å². The lowest BCUT2D eigenvalue weighted by Crippen LogP contribution is -2.21. The fraction of sp³-hybridized carbons (Fsp3) is 0.200. The van der Waals surface area contributed by atoms with E-state index in [1.165, 1.54) is 0 Å². The van der Waals surface area contributed by atoms with Crippen LogP contribution in [-0.2, 0) is 16.2 Å². The van der Waals surface area contributed by atoms with E-state index >= 15 is 0 Å². The standard InChI is InChI=1S/C15H13ClF3NO3S/c16-13-7-6-11(15(17,18)19)10-14(13)20-24(21,22)9-8-23-12-4-2-1-3-5-12/h1-7,10,20H,8-9H2. The predicted molar refractivity (Wildman–Crippen MR) is 85.8 cm³/mol. The topological polar surface area (TPSA) is 55.4 Å². The average molecular weight is 380 g/mol. The lowest BCUT2D eigenvalue weighted by molar-refractivity contribution is -0.137. The number of sulfonamides is 1. The zero-order valence-electron chi connectivity index (χ0n) is 12.2. The Morgan fingerprint density at radius 2 is 1.75 bits per heavy atom. The van der Waals surface area contributed by atoms with Crippen LogP contribution in [0.2, 0.25) is 5.02 Å². The molecule has 0 amide bonds. The number of anilines is 1. The second-order valence-corrected chi connectivity index (χ2v) is 7.02. The maximum absolute atomic E-state index is 12.7. The molecule has 0 aliphatic rings. The molecule has 4 nitrogen and oxygen atoms in total. The van der Waals surface area contributed by atoms with Gasteiger partial charge in [-0.1, -0.05) is 29.8 Å². The first-order chi connectivity index (χ1) is 11.2. The molecule has 0 spiro atoms. The average Bonchev–Trinajstić information content (AvgIpc) is 2.49. The van der Waals surface area contributed by atoms with Crippen molar-refractivity contribution in [3.63, 3.8) is 0 Å². The van der Waals surface area contributed by atoms with Gasteiger partial charge in [0.25, 0.3) is 0 Å². The highest BCUT2D eigenvalue weighted by molar-refractivity contribution is 7.92. The van der Waals surface area contributed by atoms with Gasteiger partial charge in [-0.05, 0) is 30.3 Å². The number of rotatable bonds is 6.